The topological polar surface area (TPSA) is 105 Å². The molecule has 0 aliphatic carbocycles. The number of imide groups is 1. The van der Waals surface area contributed by atoms with Gasteiger partial charge in [-0.1, -0.05) is 41.9 Å². The first kappa shape index (κ1) is 23.7. The average Bonchev–Trinajstić information content (AvgIpc) is 3.16. The SMILES string of the molecule is CC1=C(C#N)C(=O)N([C@@H]2CCS(=O)(=O)C2)C(=O)/C1=C/c1ccc(OCc2ccccc2Cl)cc1. The second-order valence-corrected chi connectivity index (χ2v) is 10.8. The van der Waals surface area contributed by atoms with Gasteiger partial charge >= 0.3 is 0 Å². The van der Waals surface area contributed by atoms with Gasteiger partial charge in [-0.05, 0) is 48.8 Å². The first-order valence-electron chi connectivity index (χ1n) is 10.6. The Labute approximate surface area is 202 Å². The Bertz CT molecular complexity index is 1370. The maximum absolute atomic E-state index is 13.2. The van der Waals surface area contributed by atoms with Crippen molar-refractivity contribution in [2.75, 3.05) is 11.5 Å². The second-order valence-electron chi connectivity index (χ2n) is 8.16. The fourth-order valence-electron chi connectivity index (χ4n) is 4.01. The molecule has 9 heteroatoms. The largest absolute Gasteiger partial charge is 0.489 e. The predicted molar refractivity (Wildman–Crippen MR) is 127 cm³/mol. The van der Waals surface area contributed by atoms with Gasteiger partial charge < -0.3 is 4.74 Å². The van der Waals surface area contributed by atoms with Crippen LogP contribution in [0.2, 0.25) is 5.02 Å². The molecule has 0 saturated carbocycles. The highest BCUT2D eigenvalue weighted by Gasteiger charge is 2.43. The van der Waals surface area contributed by atoms with Crippen molar-refractivity contribution < 1.29 is 22.7 Å². The van der Waals surface area contributed by atoms with Crippen molar-refractivity contribution in [3.05, 3.63) is 81.4 Å². The summed E-state index contributed by atoms with van der Waals surface area (Å²) in [6.45, 7) is 1.84. The lowest BCUT2D eigenvalue weighted by atomic mass is 9.92. The highest BCUT2D eigenvalue weighted by molar-refractivity contribution is 7.91. The van der Waals surface area contributed by atoms with E-state index >= 15 is 0 Å². The zero-order chi connectivity index (χ0) is 24.5. The number of benzene rings is 2. The maximum atomic E-state index is 13.2. The monoisotopic (exact) mass is 496 g/mol. The standard InChI is InChI=1S/C25H21ClN2O5S/c1-16-21(24(29)28(25(30)22(16)13-27)19-10-11-34(31,32)15-19)12-17-6-8-20(9-7-17)33-14-18-4-2-3-5-23(18)26/h2-9,12,19H,10-11,14-15H2,1H3/b21-12+/t19-/m1/s1. The Morgan fingerprint density at radius 3 is 2.47 bits per heavy atom. The Morgan fingerprint density at radius 1 is 1.15 bits per heavy atom. The van der Waals surface area contributed by atoms with Crippen LogP contribution in [0.15, 0.2) is 65.3 Å². The van der Waals surface area contributed by atoms with Crippen LogP contribution >= 0.6 is 11.6 Å². The number of carbonyl (C=O) groups excluding carboxylic acids is 2. The first-order valence-corrected chi connectivity index (χ1v) is 12.8. The first-order chi connectivity index (χ1) is 16.2. The molecule has 1 fully saturated rings. The van der Waals surface area contributed by atoms with E-state index in [1.165, 1.54) is 0 Å². The Hall–Kier alpha value is -3.41. The minimum atomic E-state index is -3.33. The third kappa shape index (κ3) is 4.76. The summed E-state index contributed by atoms with van der Waals surface area (Å²) in [6, 6.07) is 15.5. The molecule has 0 aromatic heterocycles. The van der Waals surface area contributed by atoms with Crippen LogP contribution in [-0.2, 0) is 26.0 Å². The van der Waals surface area contributed by atoms with Crippen molar-refractivity contribution in [3.63, 3.8) is 0 Å². The number of carbonyl (C=O) groups is 2. The van der Waals surface area contributed by atoms with Gasteiger partial charge in [0.2, 0.25) is 0 Å². The van der Waals surface area contributed by atoms with E-state index in [-0.39, 0.29) is 34.6 Å². The molecule has 0 bridgehead atoms. The van der Waals surface area contributed by atoms with E-state index in [1.54, 1.807) is 43.3 Å². The highest BCUT2D eigenvalue weighted by Crippen LogP contribution is 2.31. The normalized spacial score (nSPS) is 21.1. The summed E-state index contributed by atoms with van der Waals surface area (Å²) in [7, 11) is -3.33. The van der Waals surface area contributed by atoms with E-state index in [9.17, 15) is 23.3 Å². The molecule has 0 N–H and O–H groups in total. The Balaban J connectivity index is 1.58. The van der Waals surface area contributed by atoms with E-state index in [0.717, 1.165) is 10.5 Å². The van der Waals surface area contributed by atoms with Crippen LogP contribution in [0.4, 0.5) is 0 Å². The number of ether oxygens (including phenoxy) is 1. The van der Waals surface area contributed by atoms with Crippen molar-refractivity contribution >= 4 is 39.3 Å². The number of sulfone groups is 1. The molecule has 34 heavy (non-hydrogen) atoms. The van der Waals surface area contributed by atoms with E-state index < -0.39 is 27.7 Å². The quantitative estimate of drug-likeness (QED) is 0.461. The zero-order valence-electron chi connectivity index (χ0n) is 18.3. The molecular weight excluding hydrogens is 476 g/mol. The van der Waals surface area contributed by atoms with Crippen molar-refractivity contribution in [3.8, 4) is 11.8 Å². The number of rotatable bonds is 5. The molecule has 0 unspecified atom stereocenters. The number of hydrogen-bond donors (Lipinski definition) is 0. The number of nitriles is 1. The second kappa shape index (κ2) is 9.45. The van der Waals surface area contributed by atoms with Gasteiger partial charge in [-0.2, -0.15) is 5.26 Å². The molecule has 7 nitrogen and oxygen atoms in total. The van der Waals surface area contributed by atoms with Gasteiger partial charge in [0.25, 0.3) is 11.8 Å². The molecule has 4 rings (SSSR count). The minimum absolute atomic E-state index is 0.0893. The number of hydrogen-bond acceptors (Lipinski definition) is 6. The fraction of sp³-hybridized carbons (Fsp3) is 0.240. The molecule has 2 amide bonds. The predicted octanol–water partition coefficient (Wildman–Crippen LogP) is 3.70. The molecule has 0 radical (unpaired) electrons. The van der Waals surface area contributed by atoms with Crippen LogP contribution in [0.25, 0.3) is 6.08 Å². The van der Waals surface area contributed by atoms with Crippen LogP contribution in [-0.4, -0.2) is 42.7 Å². The summed E-state index contributed by atoms with van der Waals surface area (Å²) in [4.78, 5) is 27.0. The molecule has 0 spiro atoms. The highest BCUT2D eigenvalue weighted by atomic mass is 35.5. The molecule has 2 aliphatic rings. The fourth-order valence-corrected chi connectivity index (χ4v) is 5.90. The summed E-state index contributed by atoms with van der Waals surface area (Å²) in [5.41, 5.74) is 1.82. The Morgan fingerprint density at radius 2 is 1.85 bits per heavy atom. The average molecular weight is 497 g/mol. The van der Waals surface area contributed by atoms with Crippen molar-refractivity contribution in [2.45, 2.75) is 26.0 Å². The molecule has 2 aliphatic heterocycles. The third-order valence-electron chi connectivity index (χ3n) is 5.89. The smallest absolute Gasteiger partial charge is 0.271 e. The summed E-state index contributed by atoms with van der Waals surface area (Å²) < 4.78 is 29.6. The number of halogens is 1. The summed E-state index contributed by atoms with van der Waals surface area (Å²) in [6.07, 6.45) is 1.76. The van der Waals surface area contributed by atoms with E-state index in [2.05, 4.69) is 0 Å². The lowest BCUT2D eigenvalue weighted by Crippen LogP contribution is -2.49. The van der Waals surface area contributed by atoms with Gasteiger partial charge in [-0.15, -0.1) is 0 Å². The summed E-state index contributed by atoms with van der Waals surface area (Å²) in [5.74, 6) is -1.11. The van der Waals surface area contributed by atoms with E-state index in [1.807, 2.05) is 24.3 Å². The summed E-state index contributed by atoms with van der Waals surface area (Å²) in [5, 5.41) is 10.2. The maximum Gasteiger partial charge on any atom is 0.271 e. The van der Waals surface area contributed by atoms with Crippen molar-refractivity contribution in [2.24, 2.45) is 0 Å². The molecule has 1 saturated heterocycles. The van der Waals surface area contributed by atoms with Crippen molar-refractivity contribution in [1.29, 1.82) is 5.26 Å². The molecule has 2 aromatic rings. The van der Waals surface area contributed by atoms with Crippen LogP contribution in [0.3, 0.4) is 0 Å². The minimum Gasteiger partial charge on any atom is -0.489 e. The van der Waals surface area contributed by atoms with Gasteiger partial charge in [0.1, 0.15) is 24.0 Å². The van der Waals surface area contributed by atoms with E-state index in [0.29, 0.717) is 22.9 Å². The number of nitrogens with zero attached hydrogens (tertiary/aromatic N) is 2. The van der Waals surface area contributed by atoms with Crippen molar-refractivity contribution in [1.82, 2.24) is 4.90 Å². The molecule has 2 heterocycles. The molecular formula is C25H21ClN2O5S. The van der Waals surface area contributed by atoms with Crippen LogP contribution < -0.4 is 4.74 Å². The Kier molecular flexibility index (Phi) is 6.60. The van der Waals surface area contributed by atoms with E-state index in [4.69, 9.17) is 16.3 Å². The lowest BCUT2D eigenvalue weighted by molar-refractivity contribution is -0.142. The van der Waals surface area contributed by atoms with Crippen LogP contribution in [0.1, 0.15) is 24.5 Å². The van der Waals surface area contributed by atoms with Gasteiger partial charge in [0.15, 0.2) is 9.84 Å². The third-order valence-corrected chi connectivity index (χ3v) is 8.01. The van der Waals surface area contributed by atoms with Gasteiger partial charge in [-0.25, -0.2) is 8.42 Å². The van der Waals surface area contributed by atoms with Gasteiger partial charge in [0, 0.05) is 16.2 Å². The lowest BCUT2D eigenvalue weighted by Gasteiger charge is -2.31. The van der Waals surface area contributed by atoms with Crippen LogP contribution in [0.5, 0.6) is 5.75 Å². The molecule has 174 valence electrons. The molecule has 2 aromatic carbocycles. The number of amides is 2. The zero-order valence-corrected chi connectivity index (χ0v) is 19.9. The van der Waals surface area contributed by atoms with Crippen LogP contribution in [0, 0.1) is 11.3 Å². The van der Waals surface area contributed by atoms with Gasteiger partial charge in [-0.3, -0.25) is 14.5 Å². The van der Waals surface area contributed by atoms with Gasteiger partial charge in [0.05, 0.1) is 17.5 Å². The summed E-state index contributed by atoms with van der Waals surface area (Å²) >= 11 is 6.15. The molecule has 1 atom stereocenters.